The van der Waals surface area contributed by atoms with Gasteiger partial charge in [0.05, 0.1) is 0 Å². The molecule has 0 amide bonds. The lowest BCUT2D eigenvalue weighted by Gasteiger charge is -2.07. The van der Waals surface area contributed by atoms with E-state index in [4.69, 9.17) is 10.2 Å². The van der Waals surface area contributed by atoms with Crippen molar-refractivity contribution < 1.29 is 4.42 Å². The summed E-state index contributed by atoms with van der Waals surface area (Å²) in [5.74, 6) is 0.727. The summed E-state index contributed by atoms with van der Waals surface area (Å²) < 4.78 is 5.51. The van der Waals surface area contributed by atoms with Crippen LogP contribution in [-0.4, -0.2) is 10.5 Å². The van der Waals surface area contributed by atoms with E-state index in [9.17, 15) is 0 Å². The number of hydrogen-bond donors (Lipinski definition) is 1. The number of nitrogens with zero attached hydrogens (tertiary/aromatic N) is 1. The molecule has 0 bridgehead atoms. The molecule has 3 heteroatoms. The molecule has 0 atom stereocenters. The third-order valence-electron chi connectivity index (χ3n) is 3.36. The number of nitrogens with two attached hydrogens (primary N) is 1. The Bertz CT molecular complexity index is 526. The monoisotopic (exact) mass is 216 g/mol. The Balaban J connectivity index is 1.81. The molecule has 3 rings (SSSR count). The molecule has 16 heavy (non-hydrogen) atoms. The fourth-order valence-corrected chi connectivity index (χ4v) is 2.04. The van der Waals surface area contributed by atoms with Crippen LogP contribution in [0.4, 0.5) is 0 Å². The maximum Gasteiger partial charge on any atom is 0.192 e. The second-order valence-corrected chi connectivity index (χ2v) is 4.90. The van der Waals surface area contributed by atoms with Crippen LogP contribution in [0.3, 0.4) is 0 Å². The van der Waals surface area contributed by atoms with Gasteiger partial charge < -0.3 is 10.2 Å². The molecule has 1 aromatic heterocycles. The standard InChI is InChI=1S/C13H16N2O/c1-9-15-11-3-2-10(8-12(11)16-9)4-5-13(14)6-7-13/h2-3,8H,4-7,14H2,1H3. The second kappa shape index (κ2) is 3.32. The van der Waals surface area contributed by atoms with Gasteiger partial charge in [-0.25, -0.2) is 4.98 Å². The van der Waals surface area contributed by atoms with Crippen LogP contribution in [0.2, 0.25) is 0 Å². The zero-order valence-corrected chi connectivity index (χ0v) is 9.49. The van der Waals surface area contributed by atoms with Gasteiger partial charge in [0.1, 0.15) is 5.52 Å². The number of fused-ring (bicyclic) bond motifs is 1. The number of rotatable bonds is 3. The minimum absolute atomic E-state index is 0.131. The first-order chi connectivity index (χ1) is 7.65. The van der Waals surface area contributed by atoms with E-state index in [0.29, 0.717) is 0 Å². The van der Waals surface area contributed by atoms with Gasteiger partial charge in [-0.05, 0) is 43.4 Å². The summed E-state index contributed by atoms with van der Waals surface area (Å²) in [7, 11) is 0. The summed E-state index contributed by atoms with van der Waals surface area (Å²) in [4.78, 5) is 4.28. The predicted octanol–water partition coefficient (Wildman–Crippen LogP) is 2.56. The van der Waals surface area contributed by atoms with Crippen molar-refractivity contribution in [3.05, 3.63) is 29.7 Å². The molecule has 1 aliphatic carbocycles. The molecular formula is C13H16N2O. The average Bonchev–Trinajstić information content (AvgIpc) is 2.87. The molecule has 0 aliphatic heterocycles. The van der Waals surface area contributed by atoms with Gasteiger partial charge in [0.25, 0.3) is 0 Å². The van der Waals surface area contributed by atoms with Crippen LogP contribution in [0, 0.1) is 6.92 Å². The lowest BCUT2D eigenvalue weighted by Crippen LogP contribution is -2.22. The summed E-state index contributed by atoms with van der Waals surface area (Å²) in [5, 5.41) is 0. The molecule has 0 saturated heterocycles. The Labute approximate surface area is 94.7 Å². The Hall–Kier alpha value is -1.35. The second-order valence-electron chi connectivity index (χ2n) is 4.90. The van der Waals surface area contributed by atoms with Crippen LogP contribution in [0.5, 0.6) is 0 Å². The van der Waals surface area contributed by atoms with E-state index in [2.05, 4.69) is 17.1 Å². The van der Waals surface area contributed by atoms with Gasteiger partial charge in [0, 0.05) is 12.5 Å². The summed E-state index contributed by atoms with van der Waals surface area (Å²) in [6.07, 6.45) is 4.46. The molecule has 1 aliphatic rings. The summed E-state index contributed by atoms with van der Waals surface area (Å²) in [5.41, 5.74) is 9.32. The van der Waals surface area contributed by atoms with Gasteiger partial charge in [-0.2, -0.15) is 0 Å². The first-order valence-electron chi connectivity index (χ1n) is 5.80. The van der Waals surface area contributed by atoms with Crippen molar-refractivity contribution >= 4 is 11.1 Å². The highest BCUT2D eigenvalue weighted by molar-refractivity contribution is 5.73. The van der Waals surface area contributed by atoms with Crippen molar-refractivity contribution in [2.45, 2.75) is 38.1 Å². The van der Waals surface area contributed by atoms with Crippen LogP contribution >= 0.6 is 0 Å². The average molecular weight is 216 g/mol. The molecule has 1 fully saturated rings. The molecule has 2 N–H and O–H groups in total. The molecule has 2 aromatic rings. The minimum Gasteiger partial charge on any atom is -0.441 e. The van der Waals surface area contributed by atoms with Crippen molar-refractivity contribution in [2.75, 3.05) is 0 Å². The molecule has 84 valence electrons. The fraction of sp³-hybridized carbons (Fsp3) is 0.462. The molecule has 3 nitrogen and oxygen atoms in total. The lowest BCUT2D eigenvalue weighted by molar-refractivity contribution is 0.560. The van der Waals surface area contributed by atoms with Gasteiger partial charge in [-0.3, -0.25) is 0 Å². The van der Waals surface area contributed by atoms with Crippen LogP contribution in [0.1, 0.15) is 30.7 Å². The SMILES string of the molecule is Cc1nc2ccc(CCC3(N)CC3)cc2o1. The van der Waals surface area contributed by atoms with Gasteiger partial charge >= 0.3 is 0 Å². The molecule has 1 saturated carbocycles. The molecule has 0 spiro atoms. The van der Waals surface area contributed by atoms with E-state index < -0.39 is 0 Å². The maximum atomic E-state index is 6.08. The normalized spacial score (nSPS) is 17.9. The van der Waals surface area contributed by atoms with Gasteiger partial charge in [0.15, 0.2) is 11.5 Å². The van der Waals surface area contributed by atoms with Crippen molar-refractivity contribution in [2.24, 2.45) is 5.73 Å². The van der Waals surface area contributed by atoms with E-state index in [1.54, 1.807) is 0 Å². The van der Waals surface area contributed by atoms with Crippen LogP contribution in [0.15, 0.2) is 22.6 Å². The highest BCUT2D eigenvalue weighted by Crippen LogP contribution is 2.36. The molecule has 1 heterocycles. The zero-order valence-electron chi connectivity index (χ0n) is 9.49. The summed E-state index contributed by atoms with van der Waals surface area (Å²) in [6, 6.07) is 6.23. The molecule has 0 radical (unpaired) electrons. The van der Waals surface area contributed by atoms with Crippen molar-refractivity contribution in [1.29, 1.82) is 0 Å². The molecular weight excluding hydrogens is 200 g/mol. The third-order valence-corrected chi connectivity index (χ3v) is 3.36. The number of hydrogen-bond acceptors (Lipinski definition) is 3. The van der Waals surface area contributed by atoms with Crippen LogP contribution in [-0.2, 0) is 6.42 Å². The highest BCUT2D eigenvalue weighted by atomic mass is 16.3. The smallest absolute Gasteiger partial charge is 0.192 e. The zero-order chi connectivity index (χ0) is 11.2. The number of oxazole rings is 1. The highest BCUT2D eigenvalue weighted by Gasteiger charge is 2.37. The fourth-order valence-electron chi connectivity index (χ4n) is 2.04. The molecule has 0 unspecified atom stereocenters. The predicted molar refractivity (Wildman–Crippen MR) is 63.2 cm³/mol. The maximum absolute atomic E-state index is 6.08. The van der Waals surface area contributed by atoms with Crippen LogP contribution < -0.4 is 5.73 Å². The first-order valence-corrected chi connectivity index (χ1v) is 5.80. The topological polar surface area (TPSA) is 52.0 Å². The quantitative estimate of drug-likeness (QED) is 0.857. The number of benzene rings is 1. The third kappa shape index (κ3) is 1.83. The Morgan fingerprint density at radius 2 is 2.25 bits per heavy atom. The van der Waals surface area contributed by atoms with Crippen molar-refractivity contribution in [3.63, 3.8) is 0 Å². The van der Waals surface area contributed by atoms with Crippen molar-refractivity contribution in [1.82, 2.24) is 4.98 Å². The largest absolute Gasteiger partial charge is 0.441 e. The lowest BCUT2D eigenvalue weighted by atomic mass is 10.0. The van der Waals surface area contributed by atoms with Gasteiger partial charge in [0.2, 0.25) is 0 Å². The Morgan fingerprint density at radius 3 is 3.00 bits per heavy atom. The van der Waals surface area contributed by atoms with Gasteiger partial charge in [-0.1, -0.05) is 6.07 Å². The van der Waals surface area contributed by atoms with E-state index in [0.717, 1.165) is 29.8 Å². The van der Waals surface area contributed by atoms with E-state index in [1.165, 1.54) is 18.4 Å². The van der Waals surface area contributed by atoms with E-state index in [-0.39, 0.29) is 5.54 Å². The first kappa shape index (κ1) is 9.85. The summed E-state index contributed by atoms with van der Waals surface area (Å²) in [6.45, 7) is 1.87. The number of aromatic nitrogens is 1. The van der Waals surface area contributed by atoms with Gasteiger partial charge in [-0.15, -0.1) is 0 Å². The van der Waals surface area contributed by atoms with Crippen molar-refractivity contribution in [3.8, 4) is 0 Å². The minimum atomic E-state index is 0.131. The number of aryl methyl sites for hydroxylation is 2. The Kier molecular flexibility index (Phi) is 2.04. The van der Waals surface area contributed by atoms with Crippen LogP contribution in [0.25, 0.3) is 11.1 Å². The Morgan fingerprint density at radius 1 is 1.44 bits per heavy atom. The van der Waals surface area contributed by atoms with E-state index in [1.807, 2.05) is 13.0 Å². The molecule has 1 aromatic carbocycles. The van der Waals surface area contributed by atoms with E-state index >= 15 is 0 Å². The summed E-state index contributed by atoms with van der Waals surface area (Å²) >= 11 is 0.